The molecular formula is C15H26N2O3S. The van der Waals surface area contributed by atoms with Crippen LogP contribution in [0.4, 0.5) is 0 Å². The third-order valence-corrected chi connectivity index (χ3v) is 6.04. The summed E-state index contributed by atoms with van der Waals surface area (Å²) in [6.07, 6.45) is 4.78. The van der Waals surface area contributed by atoms with Gasteiger partial charge in [0.05, 0.1) is 6.61 Å². The Hall–Kier alpha value is -0.850. The van der Waals surface area contributed by atoms with Crippen LogP contribution in [-0.2, 0) is 16.6 Å². The van der Waals surface area contributed by atoms with E-state index in [0.717, 1.165) is 19.3 Å². The fourth-order valence-electron chi connectivity index (χ4n) is 3.05. The highest BCUT2D eigenvalue weighted by atomic mass is 32.2. The molecule has 1 unspecified atom stereocenters. The predicted molar refractivity (Wildman–Crippen MR) is 82.5 cm³/mol. The smallest absolute Gasteiger partial charge is 0.244 e. The van der Waals surface area contributed by atoms with Gasteiger partial charge in [0, 0.05) is 31.0 Å². The molecule has 120 valence electrons. The summed E-state index contributed by atoms with van der Waals surface area (Å²) in [6, 6.07) is 1.73. The topological polar surface area (TPSA) is 62.5 Å². The zero-order valence-corrected chi connectivity index (χ0v) is 13.9. The highest BCUT2D eigenvalue weighted by Crippen LogP contribution is 2.28. The molecule has 5 nitrogen and oxygen atoms in total. The van der Waals surface area contributed by atoms with Gasteiger partial charge in [-0.1, -0.05) is 13.3 Å². The zero-order valence-electron chi connectivity index (χ0n) is 13.1. The third kappa shape index (κ3) is 3.33. The highest BCUT2D eigenvalue weighted by Gasteiger charge is 2.33. The first-order valence-electron chi connectivity index (χ1n) is 7.71. The minimum absolute atomic E-state index is 0.127. The van der Waals surface area contributed by atoms with E-state index in [1.807, 2.05) is 18.4 Å². The number of hydrogen-bond acceptors (Lipinski definition) is 3. The minimum atomic E-state index is -3.43. The molecule has 0 aromatic carbocycles. The molecule has 21 heavy (non-hydrogen) atoms. The summed E-state index contributed by atoms with van der Waals surface area (Å²) in [4.78, 5) is 0.303. The number of sulfonamides is 1. The van der Waals surface area contributed by atoms with Crippen molar-refractivity contribution in [3.63, 3.8) is 0 Å². The molecule has 0 amide bonds. The molecular weight excluding hydrogens is 288 g/mol. The summed E-state index contributed by atoms with van der Waals surface area (Å²) in [5.74, 6) is 0.481. The molecule has 1 atom stereocenters. The van der Waals surface area contributed by atoms with Gasteiger partial charge in [0.1, 0.15) is 4.90 Å². The molecule has 6 heteroatoms. The van der Waals surface area contributed by atoms with Crippen molar-refractivity contribution in [2.45, 2.75) is 57.6 Å². The minimum Gasteiger partial charge on any atom is -0.390 e. The van der Waals surface area contributed by atoms with Crippen molar-refractivity contribution in [3.8, 4) is 0 Å². The maximum Gasteiger partial charge on any atom is 0.244 e. The average Bonchev–Trinajstić information content (AvgIpc) is 3.05. The van der Waals surface area contributed by atoms with Crippen molar-refractivity contribution in [2.24, 2.45) is 5.92 Å². The van der Waals surface area contributed by atoms with E-state index in [-0.39, 0.29) is 12.6 Å². The molecule has 1 aliphatic heterocycles. The Kier molecular flexibility index (Phi) is 5.11. The first-order chi connectivity index (χ1) is 9.90. The molecule has 1 aliphatic rings. The van der Waals surface area contributed by atoms with Gasteiger partial charge in [0.2, 0.25) is 10.0 Å². The first kappa shape index (κ1) is 16.5. The van der Waals surface area contributed by atoms with Gasteiger partial charge in [0.15, 0.2) is 0 Å². The Labute approximate surface area is 127 Å². The summed E-state index contributed by atoms with van der Waals surface area (Å²) in [5, 5.41) is 9.39. The molecule has 1 aromatic heterocycles. The second-order valence-corrected chi connectivity index (χ2v) is 8.07. The first-order valence-corrected chi connectivity index (χ1v) is 9.15. The third-order valence-electron chi connectivity index (χ3n) is 4.21. The Morgan fingerprint density at radius 2 is 2.14 bits per heavy atom. The molecule has 1 saturated heterocycles. The lowest BCUT2D eigenvalue weighted by Crippen LogP contribution is -2.28. The molecule has 0 aliphatic carbocycles. The van der Waals surface area contributed by atoms with E-state index in [2.05, 4.69) is 6.92 Å². The number of rotatable bonds is 6. The number of aromatic nitrogens is 1. The van der Waals surface area contributed by atoms with E-state index in [4.69, 9.17) is 0 Å². The van der Waals surface area contributed by atoms with Gasteiger partial charge in [0.25, 0.3) is 0 Å². The average molecular weight is 314 g/mol. The molecule has 0 bridgehead atoms. The predicted octanol–water partition coefficient (Wildman–Crippen LogP) is 2.37. The van der Waals surface area contributed by atoms with Crippen LogP contribution in [0.2, 0.25) is 0 Å². The van der Waals surface area contributed by atoms with E-state index in [1.54, 1.807) is 16.6 Å². The van der Waals surface area contributed by atoms with Gasteiger partial charge < -0.3 is 9.67 Å². The van der Waals surface area contributed by atoms with E-state index in [1.165, 1.54) is 0 Å². The Balaban J connectivity index is 2.24. The van der Waals surface area contributed by atoms with Gasteiger partial charge in [-0.3, -0.25) is 0 Å². The second kappa shape index (κ2) is 6.50. The highest BCUT2D eigenvalue weighted by molar-refractivity contribution is 7.89. The van der Waals surface area contributed by atoms with Crippen LogP contribution in [0, 0.1) is 5.92 Å². The number of hydrogen-bond donors (Lipinski definition) is 1. The van der Waals surface area contributed by atoms with Crippen LogP contribution in [0.3, 0.4) is 0 Å². The lowest BCUT2D eigenvalue weighted by atomic mass is 10.0. The van der Waals surface area contributed by atoms with E-state index in [0.29, 0.717) is 29.6 Å². The van der Waals surface area contributed by atoms with Gasteiger partial charge in [-0.05, 0) is 38.7 Å². The lowest BCUT2D eigenvalue weighted by Gasteiger charge is -2.15. The summed E-state index contributed by atoms with van der Waals surface area (Å²) < 4.78 is 28.9. The van der Waals surface area contributed by atoms with Crippen molar-refractivity contribution in [3.05, 3.63) is 18.0 Å². The Morgan fingerprint density at radius 3 is 2.67 bits per heavy atom. The SMILES string of the molecule is CCCC1CCN(S(=O)(=O)c2cc(CO)n(C(C)C)c2)C1. The number of aliphatic hydroxyl groups excluding tert-OH is 1. The van der Waals surface area contributed by atoms with Crippen molar-refractivity contribution in [2.75, 3.05) is 13.1 Å². The van der Waals surface area contributed by atoms with Crippen LogP contribution in [-0.4, -0.2) is 35.5 Å². The quantitative estimate of drug-likeness (QED) is 0.877. The van der Waals surface area contributed by atoms with Crippen LogP contribution in [0.25, 0.3) is 0 Å². The van der Waals surface area contributed by atoms with Crippen LogP contribution in [0.5, 0.6) is 0 Å². The van der Waals surface area contributed by atoms with Crippen molar-refractivity contribution < 1.29 is 13.5 Å². The van der Waals surface area contributed by atoms with Crippen LogP contribution < -0.4 is 0 Å². The fourth-order valence-corrected chi connectivity index (χ4v) is 4.64. The fraction of sp³-hybridized carbons (Fsp3) is 0.733. The molecule has 0 saturated carbocycles. The van der Waals surface area contributed by atoms with Crippen molar-refractivity contribution in [1.82, 2.24) is 8.87 Å². The van der Waals surface area contributed by atoms with Gasteiger partial charge in [-0.25, -0.2) is 8.42 Å². The van der Waals surface area contributed by atoms with Gasteiger partial charge in [-0.15, -0.1) is 0 Å². The van der Waals surface area contributed by atoms with Crippen LogP contribution in [0.1, 0.15) is 51.8 Å². The monoisotopic (exact) mass is 314 g/mol. The second-order valence-electron chi connectivity index (χ2n) is 6.13. The van der Waals surface area contributed by atoms with E-state index >= 15 is 0 Å². The van der Waals surface area contributed by atoms with Gasteiger partial charge in [-0.2, -0.15) is 4.31 Å². The number of nitrogens with zero attached hydrogens (tertiary/aromatic N) is 2. The Bertz CT molecular complexity index is 578. The maximum atomic E-state index is 12.7. The van der Waals surface area contributed by atoms with Crippen molar-refractivity contribution >= 4 is 10.0 Å². The largest absolute Gasteiger partial charge is 0.390 e. The molecule has 1 fully saturated rings. The van der Waals surface area contributed by atoms with E-state index in [9.17, 15) is 13.5 Å². The molecule has 2 rings (SSSR count). The molecule has 1 N–H and O–H groups in total. The zero-order chi connectivity index (χ0) is 15.6. The normalized spacial score (nSPS) is 20.5. The lowest BCUT2D eigenvalue weighted by molar-refractivity contribution is 0.268. The summed E-state index contributed by atoms with van der Waals surface area (Å²) in [6.45, 7) is 7.16. The van der Waals surface area contributed by atoms with Gasteiger partial charge >= 0.3 is 0 Å². The number of aliphatic hydroxyl groups is 1. The molecule has 0 spiro atoms. The van der Waals surface area contributed by atoms with E-state index < -0.39 is 10.0 Å². The van der Waals surface area contributed by atoms with Crippen LogP contribution in [0.15, 0.2) is 17.2 Å². The maximum absolute atomic E-state index is 12.7. The summed E-state index contributed by atoms with van der Waals surface area (Å²) >= 11 is 0. The Morgan fingerprint density at radius 1 is 1.43 bits per heavy atom. The van der Waals surface area contributed by atoms with Crippen molar-refractivity contribution in [1.29, 1.82) is 0 Å². The standard InChI is InChI=1S/C15H26N2O3S/c1-4-5-13-6-7-16(9-13)21(19,20)15-8-14(11-18)17(10-15)12(2)3/h8,10,12-13,18H,4-7,9,11H2,1-3H3. The summed E-state index contributed by atoms with van der Waals surface area (Å²) in [5.41, 5.74) is 0.646. The molecule has 2 heterocycles. The summed E-state index contributed by atoms with van der Waals surface area (Å²) in [7, 11) is -3.43. The molecule has 1 aromatic rings. The van der Waals surface area contributed by atoms with Crippen LogP contribution >= 0.6 is 0 Å². The molecule has 0 radical (unpaired) electrons.